The number of hydrogen-bond acceptors (Lipinski definition) is 1. The Morgan fingerprint density at radius 1 is 0.488 bits per heavy atom. The van der Waals surface area contributed by atoms with Gasteiger partial charge in [0.25, 0.3) is 0 Å². The Labute approximate surface area is 245 Å². The van der Waals surface area contributed by atoms with Gasteiger partial charge in [-0.25, -0.2) is 4.98 Å². The molecule has 1 heterocycles. The van der Waals surface area contributed by atoms with Gasteiger partial charge in [-0.1, -0.05) is 127 Å². The number of nitrogens with zero attached hydrogens (tertiary/aromatic N) is 2. The highest BCUT2D eigenvalue weighted by Gasteiger charge is 2.22. The third-order valence-electron chi connectivity index (χ3n) is 7.67. The van der Waals surface area contributed by atoms with Crippen LogP contribution in [0.4, 0.5) is 0 Å². The summed E-state index contributed by atoms with van der Waals surface area (Å²) in [5, 5.41) is 3.91. The van der Waals surface area contributed by atoms with Crippen molar-refractivity contribution in [2.75, 3.05) is 0 Å². The van der Waals surface area contributed by atoms with E-state index < -0.39 is 6.04 Å². The van der Waals surface area contributed by atoms with E-state index in [0.29, 0.717) is 5.56 Å². The molecule has 41 heavy (non-hydrogen) atoms. The molecule has 0 N–H and O–H groups in total. The van der Waals surface area contributed by atoms with E-state index in [1.54, 1.807) is 0 Å². The molecule has 0 aliphatic heterocycles. The zero-order valence-corrected chi connectivity index (χ0v) is 22.0. The zero-order chi connectivity index (χ0) is 31.5. The van der Waals surface area contributed by atoms with Crippen molar-refractivity contribution in [1.82, 2.24) is 9.55 Å². The summed E-state index contributed by atoms with van der Waals surface area (Å²) in [6, 6.07) is 41.1. The van der Waals surface area contributed by atoms with Crippen LogP contribution in [0.5, 0.6) is 0 Å². The topological polar surface area (TPSA) is 17.8 Å². The molecule has 0 aliphatic rings. The van der Waals surface area contributed by atoms with E-state index in [-0.39, 0.29) is 29.7 Å². The van der Waals surface area contributed by atoms with Crippen molar-refractivity contribution >= 4 is 32.6 Å². The lowest BCUT2D eigenvalue weighted by molar-refractivity contribution is 1.11. The molecule has 8 aromatic rings. The summed E-state index contributed by atoms with van der Waals surface area (Å²) in [6.45, 7) is 0. The molecular weight excluding hydrogens is 496 g/mol. The molecule has 0 radical (unpaired) electrons. The van der Waals surface area contributed by atoms with Gasteiger partial charge in [0.05, 0.1) is 17.9 Å². The van der Waals surface area contributed by atoms with Crippen LogP contribution >= 0.6 is 0 Å². The van der Waals surface area contributed by atoms with Gasteiger partial charge in [-0.15, -0.1) is 0 Å². The Morgan fingerprint density at radius 3 is 1.90 bits per heavy atom. The van der Waals surface area contributed by atoms with Crippen molar-refractivity contribution in [2.24, 2.45) is 0 Å². The number of hydrogen-bond donors (Lipinski definition) is 0. The minimum absolute atomic E-state index is 0.179. The van der Waals surface area contributed by atoms with Crippen LogP contribution in [0.25, 0.3) is 71.9 Å². The molecule has 1 aromatic heterocycles. The largest absolute Gasteiger partial charge is 0.292 e. The van der Waals surface area contributed by atoms with Gasteiger partial charge in [0.1, 0.15) is 5.82 Å². The predicted octanol–water partition coefficient (Wildman–Crippen LogP) is 10.3. The van der Waals surface area contributed by atoms with Crippen molar-refractivity contribution in [2.45, 2.75) is 0 Å². The number of imidazole rings is 1. The summed E-state index contributed by atoms with van der Waals surface area (Å²) >= 11 is 0. The first-order valence-electron chi connectivity index (χ1n) is 16.1. The van der Waals surface area contributed by atoms with E-state index in [9.17, 15) is 0 Å². The zero-order valence-electron chi connectivity index (χ0n) is 27.0. The number of fused-ring (bicyclic) bond motifs is 3. The molecule has 0 atom stereocenters. The van der Waals surface area contributed by atoms with Crippen LogP contribution in [0.3, 0.4) is 0 Å². The van der Waals surface area contributed by atoms with Crippen LogP contribution in [0, 0.1) is 0 Å². The lowest BCUT2D eigenvalue weighted by Crippen LogP contribution is -1.99. The van der Waals surface area contributed by atoms with E-state index in [1.807, 2.05) is 84.9 Å². The molecule has 0 saturated carbocycles. The summed E-state index contributed by atoms with van der Waals surface area (Å²) < 4.78 is 44.4. The molecule has 0 amide bonds. The molecule has 0 unspecified atom stereocenters. The van der Waals surface area contributed by atoms with Crippen LogP contribution in [0.2, 0.25) is 0 Å². The fraction of sp³-hybridized carbons (Fsp3) is 0. The van der Waals surface area contributed by atoms with Gasteiger partial charge in [-0.2, -0.15) is 0 Å². The number of benzene rings is 7. The Balaban J connectivity index is 1.56. The Bertz CT molecular complexity index is 2440. The lowest BCUT2D eigenvalue weighted by Gasteiger charge is -2.19. The fourth-order valence-electron chi connectivity index (χ4n) is 5.92. The standard InChI is InChI=1S/C39H26N2/c1-4-14-27(15-5-1)29-24-25-33-34(26-29)37(28-16-6-2-7-17-28)31-20-10-11-21-32(31)38(33)39-40-35-22-12-13-23-36(35)41(39)30-18-8-3-9-19-30/h1-26H/i1D,4D,5D,14D,15D. The first-order valence-corrected chi connectivity index (χ1v) is 13.6. The quantitative estimate of drug-likeness (QED) is 0.208. The third kappa shape index (κ3) is 3.84. The van der Waals surface area contributed by atoms with Gasteiger partial charge < -0.3 is 0 Å². The summed E-state index contributed by atoms with van der Waals surface area (Å²) in [6.07, 6.45) is 0. The van der Waals surface area contributed by atoms with Crippen molar-refractivity contribution in [1.29, 1.82) is 0 Å². The number of para-hydroxylation sites is 3. The molecule has 192 valence electrons. The lowest BCUT2D eigenvalue weighted by atomic mass is 9.86. The smallest absolute Gasteiger partial charge is 0.146 e. The monoisotopic (exact) mass is 527 g/mol. The summed E-state index contributed by atoms with van der Waals surface area (Å²) in [7, 11) is 0. The van der Waals surface area contributed by atoms with E-state index in [2.05, 4.69) is 47.0 Å². The van der Waals surface area contributed by atoms with Gasteiger partial charge in [0.2, 0.25) is 0 Å². The minimum atomic E-state index is -0.405. The average molecular weight is 528 g/mol. The third-order valence-corrected chi connectivity index (χ3v) is 7.67. The second-order valence-electron chi connectivity index (χ2n) is 10.0. The van der Waals surface area contributed by atoms with Crippen molar-refractivity contribution in [3.05, 3.63) is 158 Å². The average Bonchev–Trinajstić information content (AvgIpc) is 3.48. The highest BCUT2D eigenvalue weighted by molar-refractivity contribution is 6.21. The molecule has 0 fully saturated rings. The second kappa shape index (κ2) is 9.62. The van der Waals surface area contributed by atoms with Crippen molar-refractivity contribution < 1.29 is 6.85 Å². The van der Waals surface area contributed by atoms with Crippen LogP contribution < -0.4 is 0 Å². The van der Waals surface area contributed by atoms with Crippen LogP contribution in [-0.2, 0) is 0 Å². The first-order chi connectivity index (χ1) is 22.4. The Hall–Kier alpha value is -5.47. The Kier molecular flexibility index (Phi) is 4.40. The van der Waals surface area contributed by atoms with Gasteiger partial charge in [-0.3, -0.25) is 4.57 Å². The normalized spacial score (nSPS) is 13.1. The van der Waals surface area contributed by atoms with Gasteiger partial charge in [0, 0.05) is 11.3 Å². The van der Waals surface area contributed by atoms with Crippen molar-refractivity contribution in [3.63, 3.8) is 0 Å². The Morgan fingerprint density at radius 2 is 1.12 bits per heavy atom. The molecule has 0 saturated heterocycles. The van der Waals surface area contributed by atoms with Crippen LogP contribution in [-0.4, -0.2) is 9.55 Å². The molecule has 0 spiro atoms. The van der Waals surface area contributed by atoms with Crippen LogP contribution in [0.1, 0.15) is 6.85 Å². The SMILES string of the molecule is [2H]c1c([2H])c([2H])c(-c2ccc3c(-c4nc5ccccc5n4-c4ccccc4)c4ccccc4c(-c4ccccc4)c3c2)c([2H])c1[2H]. The van der Waals surface area contributed by atoms with Gasteiger partial charge >= 0.3 is 0 Å². The minimum Gasteiger partial charge on any atom is -0.292 e. The maximum Gasteiger partial charge on any atom is 0.146 e. The van der Waals surface area contributed by atoms with Gasteiger partial charge in [-0.05, 0) is 74.1 Å². The maximum absolute atomic E-state index is 8.71. The number of rotatable bonds is 4. The highest BCUT2D eigenvalue weighted by Crippen LogP contribution is 2.45. The van der Waals surface area contributed by atoms with Gasteiger partial charge in [0.15, 0.2) is 0 Å². The molecule has 7 aromatic carbocycles. The predicted molar refractivity (Wildman–Crippen MR) is 172 cm³/mol. The van der Waals surface area contributed by atoms with Crippen LogP contribution in [0.15, 0.2) is 158 Å². The molecule has 8 rings (SSSR count). The summed E-state index contributed by atoms with van der Waals surface area (Å²) in [5.74, 6) is 0.795. The highest BCUT2D eigenvalue weighted by atomic mass is 15.1. The fourth-order valence-corrected chi connectivity index (χ4v) is 5.92. The molecular formula is C39H26N2. The van der Waals surface area contributed by atoms with E-state index in [1.165, 1.54) is 0 Å². The second-order valence-corrected chi connectivity index (χ2v) is 10.0. The maximum atomic E-state index is 8.71. The van der Waals surface area contributed by atoms with Crippen molar-refractivity contribution in [3.8, 4) is 39.3 Å². The van der Waals surface area contributed by atoms with E-state index in [0.717, 1.165) is 60.8 Å². The molecule has 2 nitrogen and oxygen atoms in total. The summed E-state index contributed by atoms with van der Waals surface area (Å²) in [5.41, 5.74) is 6.57. The van der Waals surface area contributed by atoms with E-state index in [4.69, 9.17) is 11.8 Å². The van der Waals surface area contributed by atoms with E-state index >= 15 is 0 Å². The first kappa shape index (κ1) is 18.8. The molecule has 0 bridgehead atoms. The molecule has 2 heteroatoms. The number of aromatic nitrogens is 2. The molecule has 0 aliphatic carbocycles. The summed E-state index contributed by atoms with van der Waals surface area (Å²) in [4.78, 5) is 5.24.